The molecule has 1 heterocycles. The lowest BCUT2D eigenvalue weighted by Gasteiger charge is -2.42. The Morgan fingerprint density at radius 2 is 1.03 bits per heavy atom. The van der Waals surface area contributed by atoms with Crippen molar-refractivity contribution in [2.75, 3.05) is 19.8 Å². The van der Waals surface area contributed by atoms with Gasteiger partial charge < -0.3 is 14.0 Å². The second-order valence-corrected chi connectivity index (χ2v) is 23.9. The summed E-state index contributed by atoms with van der Waals surface area (Å²) < 4.78 is 13.5. The average molecular weight is 556 g/mol. The summed E-state index contributed by atoms with van der Waals surface area (Å²) in [6, 6.07) is 20.8. The van der Waals surface area contributed by atoms with Crippen LogP contribution in [0.15, 0.2) is 60.7 Å². The lowest BCUT2D eigenvalue weighted by molar-refractivity contribution is 0.000543. The molecule has 2 atom stereocenters. The molecule has 0 aliphatic carbocycles. The van der Waals surface area contributed by atoms with Crippen LogP contribution in [0.2, 0.25) is 36.3 Å². The van der Waals surface area contributed by atoms with Crippen LogP contribution >= 0.6 is 0 Å². The quantitative estimate of drug-likeness (QED) is 0.304. The average Bonchev–Trinajstić information content (AvgIpc) is 3.22. The van der Waals surface area contributed by atoms with Crippen molar-refractivity contribution in [2.24, 2.45) is 0 Å². The van der Waals surface area contributed by atoms with E-state index in [2.05, 4.69) is 72.6 Å². The number of aliphatic hydroxyl groups is 1. The fraction of sp³-hybridized carbons (Fsp3) is 0.625. The summed E-state index contributed by atoms with van der Waals surface area (Å²) >= 11 is 0. The molecule has 0 spiro atoms. The fourth-order valence-electron chi connectivity index (χ4n) is 4.71. The molecule has 1 aliphatic rings. The molecule has 4 nitrogen and oxygen atoms in total. The molecule has 3 rings (SSSR count). The summed E-state index contributed by atoms with van der Waals surface area (Å²) in [7, 11) is -3.79. The Morgan fingerprint density at radius 1 is 0.684 bits per heavy atom. The molecule has 1 N–H and O–H groups in total. The van der Waals surface area contributed by atoms with E-state index in [0.717, 1.165) is 24.0 Å². The van der Waals surface area contributed by atoms with Crippen molar-refractivity contribution in [3.8, 4) is 0 Å². The van der Waals surface area contributed by atoms with Crippen LogP contribution in [0.1, 0.15) is 65.5 Å². The number of hydrogen-bond acceptors (Lipinski definition) is 4. The first-order chi connectivity index (χ1) is 17.5. The van der Waals surface area contributed by atoms with Crippen LogP contribution in [0, 0.1) is 0 Å². The predicted molar refractivity (Wildman–Crippen MR) is 166 cm³/mol. The highest BCUT2D eigenvalue weighted by Gasteiger charge is 2.45. The highest BCUT2D eigenvalue weighted by molar-refractivity contribution is 6.74. The fourth-order valence-corrected chi connectivity index (χ4v) is 6.80. The lowest BCUT2D eigenvalue weighted by atomic mass is 9.85. The molecule has 0 aromatic heterocycles. The van der Waals surface area contributed by atoms with E-state index in [-0.39, 0.29) is 22.2 Å². The van der Waals surface area contributed by atoms with Gasteiger partial charge in [0.05, 0.1) is 0 Å². The van der Waals surface area contributed by atoms with Crippen LogP contribution in [0.4, 0.5) is 0 Å². The SMILES string of the molecule is CC(C)(C)[Si](C)(C)OC[C@H]1CC[C@H](CO[Si](C)(C)C(C)(C)C)N1CC(O)(c1ccccc1)c1ccccc1. The van der Waals surface area contributed by atoms with Gasteiger partial charge in [-0.05, 0) is 60.2 Å². The van der Waals surface area contributed by atoms with Gasteiger partial charge in [-0.2, -0.15) is 0 Å². The Hall–Kier alpha value is -1.29. The summed E-state index contributed by atoms with van der Waals surface area (Å²) in [5.41, 5.74) is 0.717. The second-order valence-electron chi connectivity index (χ2n) is 14.3. The van der Waals surface area contributed by atoms with E-state index in [9.17, 15) is 5.11 Å². The summed E-state index contributed by atoms with van der Waals surface area (Å²) in [6.45, 7) is 25.0. The summed E-state index contributed by atoms with van der Waals surface area (Å²) in [4.78, 5) is 2.51. The minimum Gasteiger partial charge on any atom is -0.415 e. The largest absolute Gasteiger partial charge is 0.415 e. The number of benzene rings is 2. The number of hydrogen-bond donors (Lipinski definition) is 1. The molecule has 212 valence electrons. The first-order valence-electron chi connectivity index (χ1n) is 14.3. The van der Waals surface area contributed by atoms with Crippen molar-refractivity contribution in [3.05, 3.63) is 71.8 Å². The second kappa shape index (κ2) is 11.7. The van der Waals surface area contributed by atoms with E-state index >= 15 is 0 Å². The molecule has 0 amide bonds. The minimum absolute atomic E-state index is 0.163. The van der Waals surface area contributed by atoms with E-state index in [1.54, 1.807) is 0 Å². The summed E-state index contributed by atoms with van der Waals surface area (Å²) in [6.07, 6.45) is 2.11. The van der Waals surface area contributed by atoms with Gasteiger partial charge in [-0.15, -0.1) is 0 Å². The monoisotopic (exact) mass is 555 g/mol. The number of rotatable bonds is 10. The zero-order valence-corrected chi connectivity index (χ0v) is 27.7. The molecule has 1 fully saturated rings. The smallest absolute Gasteiger partial charge is 0.192 e. The van der Waals surface area contributed by atoms with E-state index in [0.29, 0.717) is 19.8 Å². The molecular formula is C32H53NO3Si2. The van der Waals surface area contributed by atoms with Gasteiger partial charge in [-0.25, -0.2) is 0 Å². The number of nitrogens with zero attached hydrogens (tertiary/aromatic N) is 1. The van der Waals surface area contributed by atoms with E-state index in [4.69, 9.17) is 8.85 Å². The van der Waals surface area contributed by atoms with Crippen LogP contribution in [-0.2, 0) is 14.5 Å². The van der Waals surface area contributed by atoms with Gasteiger partial charge in [0, 0.05) is 31.8 Å². The third-order valence-corrected chi connectivity index (χ3v) is 18.6. The van der Waals surface area contributed by atoms with Gasteiger partial charge in [-0.1, -0.05) is 102 Å². The molecule has 1 saturated heterocycles. The van der Waals surface area contributed by atoms with Crippen LogP contribution < -0.4 is 0 Å². The Morgan fingerprint density at radius 3 is 1.34 bits per heavy atom. The van der Waals surface area contributed by atoms with Gasteiger partial charge in [0.1, 0.15) is 5.60 Å². The normalized spacial score (nSPS) is 20.2. The molecule has 38 heavy (non-hydrogen) atoms. The molecule has 2 aromatic rings. The first-order valence-corrected chi connectivity index (χ1v) is 20.2. The molecule has 0 unspecified atom stereocenters. The topological polar surface area (TPSA) is 41.9 Å². The Balaban J connectivity index is 1.94. The van der Waals surface area contributed by atoms with Crippen molar-refractivity contribution < 1.29 is 14.0 Å². The van der Waals surface area contributed by atoms with Gasteiger partial charge >= 0.3 is 0 Å². The third kappa shape index (κ3) is 7.07. The maximum atomic E-state index is 12.5. The number of likely N-dealkylation sites (tertiary alicyclic amines) is 1. The minimum atomic E-state index is -1.90. The molecule has 2 aromatic carbocycles. The summed E-state index contributed by atoms with van der Waals surface area (Å²) in [5, 5.41) is 12.8. The maximum absolute atomic E-state index is 12.5. The molecule has 0 saturated carbocycles. The lowest BCUT2D eigenvalue weighted by Crippen LogP contribution is -2.52. The van der Waals surface area contributed by atoms with Crippen molar-refractivity contribution >= 4 is 16.6 Å². The summed E-state index contributed by atoms with van der Waals surface area (Å²) in [5.74, 6) is 0. The standard InChI is InChI=1S/C32H53NO3Si2/c1-30(2,3)37(7,8)35-23-28-21-22-29(24-36-38(9,10)31(4,5)6)33(28)25-32(34,26-17-13-11-14-18-26)27-19-15-12-16-20-27/h11-20,28-29,34H,21-25H2,1-10H3/t28-,29-/m1/s1. The van der Waals surface area contributed by atoms with Crippen molar-refractivity contribution in [1.29, 1.82) is 0 Å². The number of β-amino-alcohol motifs (C(OH)–C–C–N with tert-alkyl or cyclic N) is 1. The predicted octanol–water partition coefficient (Wildman–Crippen LogP) is 7.80. The van der Waals surface area contributed by atoms with Crippen molar-refractivity contribution in [2.45, 2.75) is 108 Å². The molecule has 6 heteroatoms. The van der Waals surface area contributed by atoms with Crippen LogP contribution in [0.3, 0.4) is 0 Å². The Labute approximate surface area is 235 Å². The Bertz CT molecular complexity index is 935. The van der Waals surface area contributed by atoms with Gasteiger partial charge in [0.25, 0.3) is 0 Å². The van der Waals surface area contributed by atoms with E-state index < -0.39 is 22.2 Å². The highest BCUT2D eigenvalue weighted by atomic mass is 28.4. The van der Waals surface area contributed by atoms with Gasteiger partial charge in [0.15, 0.2) is 16.6 Å². The third-order valence-electron chi connectivity index (χ3n) is 9.57. The molecule has 0 radical (unpaired) electrons. The van der Waals surface area contributed by atoms with Crippen LogP contribution in [0.25, 0.3) is 0 Å². The van der Waals surface area contributed by atoms with Crippen molar-refractivity contribution in [1.82, 2.24) is 4.90 Å². The van der Waals surface area contributed by atoms with E-state index in [1.165, 1.54) is 0 Å². The molecular weight excluding hydrogens is 503 g/mol. The maximum Gasteiger partial charge on any atom is 0.192 e. The Kier molecular flexibility index (Phi) is 9.60. The highest BCUT2D eigenvalue weighted by Crippen LogP contribution is 2.40. The first kappa shape index (κ1) is 31.2. The van der Waals surface area contributed by atoms with Crippen LogP contribution in [-0.4, -0.2) is 58.5 Å². The van der Waals surface area contributed by atoms with Gasteiger partial charge in [0.2, 0.25) is 0 Å². The van der Waals surface area contributed by atoms with Crippen LogP contribution in [0.5, 0.6) is 0 Å². The van der Waals surface area contributed by atoms with Crippen molar-refractivity contribution in [3.63, 3.8) is 0 Å². The van der Waals surface area contributed by atoms with Gasteiger partial charge in [-0.3, -0.25) is 4.90 Å². The molecule has 0 bridgehead atoms. The van der Waals surface area contributed by atoms with E-state index in [1.807, 2.05) is 60.7 Å². The zero-order valence-electron chi connectivity index (χ0n) is 25.7. The molecule has 1 aliphatic heterocycles. The zero-order chi connectivity index (χ0) is 28.4.